The van der Waals surface area contributed by atoms with Crippen LogP contribution in [0.2, 0.25) is 0 Å². The molecule has 0 spiro atoms. The van der Waals surface area contributed by atoms with Gasteiger partial charge < -0.3 is 9.30 Å². The van der Waals surface area contributed by atoms with Crippen molar-refractivity contribution in [1.29, 1.82) is 0 Å². The highest BCUT2D eigenvalue weighted by atomic mass is 16.5. The van der Waals surface area contributed by atoms with Crippen molar-refractivity contribution >= 4 is 5.78 Å². The van der Waals surface area contributed by atoms with Crippen molar-refractivity contribution in [2.45, 2.75) is 53.5 Å². The van der Waals surface area contributed by atoms with Crippen LogP contribution in [0.3, 0.4) is 0 Å². The van der Waals surface area contributed by atoms with Crippen LogP contribution >= 0.6 is 0 Å². The first-order chi connectivity index (χ1) is 10.8. The van der Waals surface area contributed by atoms with E-state index >= 15 is 0 Å². The van der Waals surface area contributed by atoms with Gasteiger partial charge in [-0.05, 0) is 57.4 Å². The number of aryl methyl sites for hydroxylation is 1. The van der Waals surface area contributed by atoms with Gasteiger partial charge in [0, 0.05) is 23.0 Å². The minimum absolute atomic E-state index is 0.0277. The largest absolute Gasteiger partial charge is 0.485 e. The quantitative estimate of drug-likeness (QED) is 0.697. The molecular formula is C20H27NO2. The Labute approximate surface area is 139 Å². The zero-order valence-corrected chi connectivity index (χ0v) is 15.0. The summed E-state index contributed by atoms with van der Waals surface area (Å²) in [6.45, 7) is 12.7. The minimum Gasteiger partial charge on any atom is -0.485 e. The Bertz CT molecular complexity index is 696. The molecule has 0 saturated heterocycles. The van der Waals surface area contributed by atoms with Gasteiger partial charge in [0.25, 0.3) is 0 Å². The molecule has 1 aromatic carbocycles. The fraction of sp³-hybridized carbons (Fsp3) is 0.450. The van der Waals surface area contributed by atoms with Crippen molar-refractivity contribution in [3.63, 3.8) is 0 Å². The maximum Gasteiger partial charge on any atom is 0.202 e. The van der Waals surface area contributed by atoms with E-state index in [9.17, 15) is 4.79 Å². The van der Waals surface area contributed by atoms with Crippen LogP contribution in [0.5, 0.6) is 5.75 Å². The van der Waals surface area contributed by atoms with Gasteiger partial charge in [0.1, 0.15) is 5.75 Å². The summed E-state index contributed by atoms with van der Waals surface area (Å²) < 4.78 is 7.91. The number of nitrogens with zero attached hydrogens (tertiary/aromatic N) is 1. The van der Waals surface area contributed by atoms with E-state index in [4.69, 9.17) is 4.74 Å². The summed E-state index contributed by atoms with van der Waals surface area (Å²) in [7, 11) is 0. The Kier molecular flexibility index (Phi) is 5.30. The predicted octanol–water partition coefficient (Wildman–Crippen LogP) is 5.07. The first-order valence-corrected chi connectivity index (χ1v) is 8.25. The van der Waals surface area contributed by atoms with Crippen molar-refractivity contribution < 1.29 is 9.53 Å². The van der Waals surface area contributed by atoms with E-state index in [0.717, 1.165) is 22.7 Å². The van der Waals surface area contributed by atoms with Gasteiger partial charge in [-0.1, -0.05) is 26.0 Å². The number of carbonyl (C=O) groups excluding carboxylic acids is 1. The molecule has 0 saturated carbocycles. The van der Waals surface area contributed by atoms with Crippen molar-refractivity contribution in [3.05, 3.63) is 52.8 Å². The van der Waals surface area contributed by atoms with Crippen molar-refractivity contribution in [2.75, 3.05) is 6.61 Å². The lowest BCUT2D eigenvalue weighted by Gasteiger charge is -2.13. The van der Waals surface area contributed by atoms with Crippen LogP contribution in [-0.2, 0) is 0 Å². The van der Waals surface area contributed by atoms with E-state index in [2.05, 4.69) is 38.3 Å². The Morgan fingerprint density at radius 1 is 1.13 bits per heavy atom. The number of hydrogen-bond donors (Lipinski definition) is 0. The molecule has 0 bridgehead atoms. The molecule has 2 rings (SSSR count). The van der Waals surface area contributed by atoms with Crippen LogP contribution in [0.25, 0.3) is 0 Å². The average Bonchev–Trinajstić information content (AvgIpc) is 2.80. The van der Waals surface area contributed by atoms with Crippen LogP contribution in [0.15, 0.2) is 30.3 Å². The lowest BCUT2D eigenvalue weighted by molar-refractivity contribution is 0.0920. The lowest BCUT2D eigenvalue weighted by atomic mass is 10.0. The van der Waals surface area contributed by atoms with Gasteiger partial charge >= 0.3 is 0 Å². The first-order valence-electron chi connectivity index (χ1n) is 8.25. The van der Waals surface area contributed by atoms with Gasteiger partial charge in [-0.3, -0.25) is 4.79 Å². The molecule has 0 radical (unpaired) electrons. The second-order valence-electron chi connectivity index (χ2n) is 6.69. The number of hydrogen-bond acceptors (Lipinski definition) is 2. The molecule has 3 nitrogen and oxygen atoms in total. The Hall–Kier alpha value is -2.03. The van der Waals surface area contributed by atoms with Crippen molar-refractivity contribution in [1.82, 2.24) is 4.57 Å². The van der Waals surface area contributed by atoms with Crippen LogP contribution in [0.1, 0.15) is 67.0 Å². The molecule has 0 amide bonds. The van der Waals surface area contributed by atoms with Crippen molar-refractivity contribution in [3.8, 4) is 5.75 Å². The fourth-order valence-electron chi connectivity index (χ4n) is 3.04. The monoisotopic (exact) mass is 313 g/mol. The third-order valence-corrected chi connectivity index (χ3v) is 4.20. The molecule has 23 heavy (non-hydrogen) atoms. The third-order valence-electron chi connectivity index (χ3n) is 4.20. The van der Waals surface area contributed by atoms with Gasteiger partial charge in [0.2, 0.25) is 5.78 Å². The van der Waals surface area contributed by atoms with E-state index in [-0.39, 0.29) is 12.4 Å². The highest BCUT2D eigenvalue weighted by Crippen LogP contribution is 2.22. The zero-order valence-electron chi connectivity index (χ0n) is 15.0. The number of ether oxygens (including phenoxy) is 1. The first kappa shape index (κ1) is 17.3. The Morgan fingerprint density at radius 2 is 1.83 bits per heavy atom. The number of benzene rings is 1. The highest BCUT2D eigenvalue weighted by Gasteiger charge is 2.17. The molecule has 0 aliphatic rings. The summed E-state index contributed by atoms with van der Waals surface area (Å²) in [6.07, 6.45) is 0. The van der Waals surface area contributed by atoms with Gasteiger partial charge in [-0.25, -0.2) is 0 Å². The summed E-state index contributed by atoms with van der Waals surface area (Å²) in [5, 5.41) is 0. The number of carbonyl (C=O) groups is 1. The maximum atomic E-state index is 12.5. The molecule has 0 atom stereocenters. The molecule has 0 aliphatic heterocycles. The minimum atomic E-state index is 0.0277. The van der Waals surface area contributed by atoms with Crippen LogP contribution in [0.4, 0.5) is 0 Å². The predicted molar refractivity (Wildman–Crippen MR) is 94.6 cm³/mol. The number of Topliss-reactive ketones (excluding diaryl/α,β-unsaturated/α-hetero) is 1. The summed E-state index contributed by atoms with van der Waals surface area (Å²) in [5.74, 6) is 1.22. The van der Waals surface area contributed by atoms with Crippen LogP contribution < -0.4 is 4.74 Å². The van der Waals surface area contributed by atoms with Crippen molar-refractivity contribution in [2.24, 2.45) is 0 Å². The molecule has 0 fully saturated rings. The second kappa shape index (κ2) is 7.03. The highest BCUT2D eigenvalue weighted by molar-refractivity contribution is 5.98. The smallest absolute Gasteiger partial charge is 0.202 e. The molecule has 124 valence electrons. The fourth-order valence-corrected chi connectivity index (χ4v) is 3.04. The molecular weight excluding hydrogens is 286 g/mol. The Morgan fingerprint density at radius 3 is 2.39 bits per heavy atom. The normalized spacial score (nSPS) is 11.3. The van der Waals surface area contributed by atoms with Gasteiger partial charge in [-0.15, -0.1) is 0 Å². The summed E-state index contributed by atoms with van der Waals surface area (Å²) in [5.41, 5.74) is 4.11. The van der Waals surface area contributed by atoms with E-state index < -0.39 is 0 Å². The molecule has 0 unspecified atom stereocenters. The topological polar surface area (TPSA) is 31.2 Å². The third kappa shape index (κ3) is 3.84. The summed E-state index contributed by atoms with van der Waals surface area (Å²) >= 11 is 0. The second-order valence-corrected chi connectivity index (χ2v) is 6.69. The van der Waals surface area contributed by atoms with E-state index in [1.165, 1.54) is 5.56 Å². The maximum absolute atomic E-state index is 12.5. The molecule has 0 aliphatic carbocycles. The van der Waals surface area contributed by atoms with E-state index in [1.807, 2.05) is 38.1 Å². The van der Waals surface area contributed by atoms with E-state index in [1.54, 1.807) is 0 Å². The molecule has 1 aromatic heterocycles. The zero-order chi connectivity index (χ0) is 17.1. The molecule has 3 heteroatoms. The van der Waals surface area contributed by atoms with Gasteiger partial charge in [-0.2, -0.15) is 0 Å². The lowest BCUT2D eigenvalue weighted by Crippen LogP contribution is -2.13. The standard InChI is InChI=1S/C20H27NO2/c1-13(2)17-8-7-9-18(11-17)23-12-20(22)19-10-15(5)21(14(3)4)16(19)6/h7-11,13-14H,12H2,1-6H3. The summed E-state index contributed by atoms with van der Waals surface area (Å²) in [4.78, 5) is 12.5. The number of ketones is 1. The molecule has 2 aromatic rings. The SMILES string of the molecule is Cc1cc(C(=O)COc2cccc(C(C)C)c2)c(C)n1C(C)C. The van der Waals surface area contributed by atoms with Gasteiger partial charge in [0.15, 0.2) is 6.61 Å². The molecule has 1 heterocycles. The average molecular weight is 313 g/mol. The van der Waals surface area contributed by atoms with E-state index in [0.29, 0.717) is 12.0 Å². The van der Waals surface area contributed by atoms with Gasteiger partial charge in [0.05, 0.1) is 0 Å². The molecule has 0 N–H and O–H groups in total. The van der Waals surface area contributed by atoms with Crippen LogP contribution in [0, 0.1) is 13.8 Å². The number of aromatic nitrogens is 1. The number of rotatable bonds is 6. The summed E-state index contributed by atoms with van der Waals surface area (Å²) in [6, 6.07) is 10.3. The van der Waals surface area contributed by atoms with Crippen LogP contribution in [-0.4, -0.2) is 17.0 Å². The Balaban J connectivity index is 2.11.